The van der Waals surface area contributed by atoms with Crippen molar-refractivity contribution in [2.75, 3.05) is 5.32 Å². The van der Waals surface area contributed by atoms with Crippen LogP contribution in [-0.4, -0.2) is 5.11 Å². The van der Waals surface area contributed by atoms with E-state index < -0.39 is 5.63 Å². The molecule has 0 aliphatic carbocycles. The number of nitrogens with one attached hydrogen (secondary N) is 1. The Hall–Kier alpha value is -2.82. The standard InChI is InChI=1S/C16H12FNO3/c17-11-1-3-12(4-2-11)18-9-10-7-16(20)21-15-8-13(19)5-6-14(10)15/h1-8,18-19H,9H2. The van der Waals surface area contributed by atoms with Crippen LogP contribution in [0.15, 0.2) is 57.7 Å². The van der Waals surface area contributed by atoms with Gasteiger partial charge in [-0.2, -0.15) is 0 Å². The van der Waals surface area contributed by atoms with Crippen molar-refractivity contribution in [1.82, 2.24) is 0 Å². The number of anilines is 1. The molecule has 4 nitrogen and oxygen atoms in total. The molecule has 0 saturated carbocycles. The van der Waals surface area contributed by atoms with Crippen molar-refractivity contribution in [2.24, 2.45) is 0 Å². The maximum Gasteiger partial charge on any atom is 0.336 e. The Morgan fingerprint density at radius 1 is 1.10 bits per heavy atom. The molecular formula is C16H12FNO3. The molecule has 0 saturated heterocycles. The maximum absolute atomic E-state index is 12.8. The first-order valence-corrected chi connectivity index (χ1v) is 6.37. The van der Waals surface area contributed by atoms with Crippen LogP contribution in [0.5, 0.6) is 5.75 Å². The number of halogens is 1. The molecule has 0 fully saturated rings. The summed E-state index contributed by atoms with van der Waals surface area (Å²) in [7, 11) is 0. The van der Waals surface area contributed by atoms with Gasteiger partial charge in [0.15, 0.2) is 0 Å². The third-order valence-electron chi connectivity index (χ3n) is 3.14. The lowest BCUT2D eigenvalue weighted by molar-refractivity contribution is 0.473. The number of phenols is 1. The molecule has 0 aliphatic heterocycles. The first-order chi connectivity index (χ1) is 10.1. The summed E-state index contributed by atoms with van der Waals surface area (Å²) in [4.78, 5) is 11.5. The Morgan fingerprint density at radius 3 is 2.62 bits per heavy atom. The highest BCUT2D eigenvalue weighted by atomic mass is 19.1. The minimum absolute atomic E-state index is 0.0364. The number of phenolic OH excluding ortho intramolecular Hbond substituents is 1. The molecule has 0 unspecified atom stereocenters. The second kappa shape index (κ2) is 5.28. The van der Waals surface area contributed by atoms with E-state index in [0.29, 0.717) is 12.1 Å². The van der Waals surface area contributed by atoms with Gasteiger partial charge in [0, 0.05) is 29.8 Å². The molecule has 21 heavy (non-hydrogen) atoms. The zero-order valence-corrected chi connectivity index (χ0v) is 11.0. The molecule has 1 aromatic heterocycles. The van der Waals surface area contributed by atoms with Crippen molar-refractivity contribution in [3.8, 4) is 5.75 Å². The number of fused-ring (bicyclic) bond motifs is 1. The number of benzene rings is 2. The molecule has 2 N–H and O–H groups in total. The van der Waals surface area contributed by atoms with Gasteiger partial charge in [-0.05, 0) is 42.0 Å². The summed E-state index contributed by atoms with van der Waals surface area (Å²) >= 11 is 0. The summed E-state index contributed by atoms with van der Waals surface area (Å²) in [6.45, 7) is 0.387. The predicted octanol–water partition coefficient (Wildman–Crippen LogP) is 3.25. The lowest BCUT2D eigenvalue weighted by Gasteiger charge is -2.08. The SMILES string of the molecule is O=c1cc(CNc2ccc(F)cc2)c2ccc(O)cc2o1. The number of hydrogen-bond donors (Lipinski definition) is 2. The van der Waals surface area contributed by atoms with Gasteiger partial charge in [-0.1, -0.05) is 0 Å². The molecule has 1 heterocycles. The fourth-order valence-corrected chi connectivity index (χ4v) is 2.13. The molecule has 0 amide bonds. The fraction of sp³-hybridized carbons (Fsp3) is 0.0625. The van der Waals surface area contributed by atoms with Gasteiger partial charge < -0.3 is 14.8 Å². The van der Waals surface area contributed by atoms with Gasteiger partial charge in [0.2, 0.25) is 0 Å². The van der Waals surface area contributed by atoms with Crippen molar-refractivity contribution >= 4 is 16.7 Å². The summed E-state index contributed by atoms with van der Waals surface area (Å²) in [5.74, 6) is -0.267. The Bertz CT molecular complexity index is 840. The normalized spacial score (nSPS) is 10.7. The van der Waals surface area contributed by atoms with Crippen LogP contribution in [0.1, 0.15) is 5.56 Å². The Morgan fingerprint density at radius 2 is 1.86 bits per heavy atom. The van der Waals surface area contributed by atoms with Crippen molar-refractivity contribution < 1.29 is 13.9 Å². The van der Waals surface area contributed by atoms with E-state index in [1.54, 1.807) is 18.2 Å². The van der Waals surface area contributed by atoms with Crippen molar-refractivity contribution in [2.45, 2.75) is 6.54 Å². The van der Waals surface area contributed by atoms with Crippen LogP contribution in [-0.2, 0) is 6.54 Å². The summed E-state index contributed by atoms with van der Waals surface area (Å²) in [5, 5.41) is 13.3. The van der Waals surface area contributed by atoms with Crippen LogP contribution in [0.3, 0.4) is 0 Å². The fourth-order valence-electron chi connectivity index (χ4n) is 2.13. The smallest absolute Gasteiger partial charge is 0.336 e. The van der Waals surface area contributed by atoms with Gasteiger partial charge >= 0.3 is 5.63 Å². The second-order valence-corrected chi connectivity index (χ2v) is 4.63. The van der Waals surface area contributed by atoms with Crippen molar-refractivity contribution in [3.05, 3.63) is 70.3 Å². The number of aromatic hydroxyl groups is 1. The van der Waals surface area contributed by atoms with Crippen LogP contribution in [0.2, 0.25) is 0 Å². The molecule has 106 valence electrons. The third-order valence-corrected chi connectivity index (χ3v) is 3.14. The van der Waals surface area contributed by atoms with E-state index in [9.17, 15) is 14.3 Å². The largest absolute Gasteiger partial charge is 0.508 e. The van der Waals surface area contributed by atoms with E-state index in [-0.39, 0.29) is 11.6 Å². The first-order valence-electron chi connectivity index (χ1n) is 6.37. The average Bonchev–Trinajstić information content (AvgIpc) is 2.45. The summed E-state index contributed by atoms with van der Waals surface area (Å²) in [5.41, 5.74) is 1.34. The Labute approximate surface area is 119 Å². The highest BCUT2D eigenvalue weighted by Gasteiger charge is 2.06. The third kappa shape index (κ3) is 2.86. The maximum atomic E-state index is 12.8. The molecule has 0 radical (unpaired) electrons. The minimum Gasteiger partial charge on any atom is -0.508 e. The van der Waals surface area contributed by atoms with Crippen LogP contribution in [0.4, 0.5) is 10.1 Å². The van der Waals surface area contributed by atoms with Gasteiger partial charge in [0.25, 0.3) is 0 Å². The summed E-state index contributed by atoms with van der Waals surface area (Å²) < 4.78 is 17.9. The van der Waals surface area contributed by atoms with E-state index in [4.69, 9.17) is 4.42 Å². The Kier molecular flexibility index (Phi) is 3.31. The van der Waals surface area contributed by atoms with Gasteiger partial charge in [0.1, 0.15) is 17.1 Å². The highest BCUT2D eigenvalue weighted by Crippen LogP contribution is 2.22. The molecule has 0 bridgehead atoms. The lowest BCUT2D eigenvalue weighted by atomic mass is 10.1. The lowest BCUT2D eigenvalue weighted by Crippen LogP contribution is -2.05. The molecule has 0 spiro atoms. The monoisotopic (exact) mass is 285 g/mol. The molecule has 0 atom stereocenters. The molecule has 5 heteroatoms. The quantitative estimate of drug-likeness (QED) is 0.725. The van der Waals surface area contributed by atoms with E-state index in [1.165, 1.54) is 30.3 Å². The number of rotatable bonds is 3. The summed E-state index contributed by atoms with van der Waals surface area (Å²) in [6.07, 6.45) is 0. The summed E-state index contributed by atoms with van der Waals surface area (Å²) in [6, 6.07) is 12.0. The van der Waals surface area contributed by atoms with Gasteiger partial charge in [-0.3, -0.25) is 0 Å². The molecule has 3 aromatic rings. The topological polar surface area (TPSA) is 62.5 Å². The first kappa shape index (κ1) is 13.2. The zero-order valence-electron chi connectivity index (χ0n) is 11.0. The van der Waals surface area contributed by atoms with Crippen LogP contribution in [0.25, 0.3) is 11.0 Å². The Balaban J connectivity index is 1.93. The van der Waals surface area contributed by atoms with E-state index in [0.717, 1.165) is 16.6 Å². The highest BCUT2D eigenvalue weighted by molar-refractivity contribution is 5.81. The van der Waals surface area contributed by atoms with Crippen LogP contribution in [0, 0.1) is 5.82 Å². The van der Waals surface area contributed by atoms with Crippen LogP contribution < -0.4 is 10.9 Å². The molecule has 0 aliphatic rings. The molecule has 3 rings (SSSR count). The van der Waals surface area contributed by atoms with E-state index >= 15 is 0 Å². The molecular weight excluding hydrogens is 273 g/mol. The minimum atomic E-state index is -0.482. The van der Waals surface area contributed by atoms with Gasteiger partial charge in [0.05, 0.1) is 0 Å². The van der Waals surface area contributed by atoms with E-state index in [1.807, 2.05) is 0 Å². The van der Waals surface area contributed by atoms with E-state index in [2.05, 4.69) is 5.32 Å². The predicted molar refractivity (Wildman–Crippen MR) is 77.9 cm³/mol. The zero-order chi connectivity index (χ0) is 14.8. The van der Waals surface area contributed by atoms with Gasteiger partial charge in [-0.15, -0.1) is 0 Å². The number of hydrogen-bond acceptors (Lipinski definition) is 4. The van der Waals surface area contributed by atoms with Crippen LogP contribution >= 0.6 is 0 Å². The van der Waals surface area contributed by atoms with Gasteiger partial charge in [-0.25, -0.2) is 9.18 Å². The van der Waals surface area contributed by atoms with Crippen molar-refractivity contribution in [3.63, 3.8) is 0 Å². The van der Waals surface area contributed by atoms with Crippen molar-refractivity contribution in [1.29, 1.82) is 0 Å². The molecule has 2 aromatic carbocycles. The second-order valence-electron chi connectivity index (χ2n) is 4.63. The average molecular weight is 285 g/mol.